The van der Waals surface area contributed by atoms with Crippen molar-refractivity contribution in [2.75, 3.05) is 18.0 Å². The van der Waals surface area contributed by atoms with Gasteiger partial charge >= 0.3 is 0 Å². The van der Waals surface area contributed by atoms with E-state index >= 15 is 0 Å². The van der Waals surface area contributed by atoms with Gasteiger partial charge in [0.05, 0.1) is 0 Å². The first-order valence-corrected chi connectivity index (χ1v) is 5.80. The summed E-state index contributed by atoms with van der Waals surface area (Å²) in [6, 6.07) is 0. The minimum absolute atomic E-state index is 0.00381. The molecule has 1 aliphatic rings. The van der Waals surface area contributed by atoms with Crippen LogP contribution in [0.4, 0.5) is 5.13 Å². The van der Waals surface area contributed by atoms with Gasteiger partial charge in [0.1, 0.15) is 0 Å². The summed E-state index contributed by atoms with van der Waals surface area (Å²) in [4.78, 5) is 15.9. The van der Waals surface area contributed by atoms with Gasteiger partial charge in [-0.25, -0.2) is 0 Å². The predicted molar refractivity (Wildman–Crippen MR) is 61.8 cm³/mol. The van der Waals surface area contributed by atoms with Crippen LogP contribution < -0.4 is 4.90 Å². The molecule has 1 fully saturated rings. The number of H-pyrrole nitrogens is 1. The summed E-state index contributed by atoms with van der Waals surface area (Å²) in [6.45, 7) is 0.878. The Morgan fingerprint density at radius 3 is 3.25 bits per heavy atom. The summed E-state index contributed by atoms with van der Waals surface area (Å²) >= 11 is 6.17. The first-order chi connectivity index (χ1) is 7.70. The zero-order valence-electron chi connectivity index (χ0n) is 8.16. The number of nitrogens with zero attached hydrogens (tertiary/aromatic N) is 5. The zero-order chi connectivity index (χ0) is 11.5. The number of nitrogens with one attached hydrogen (secondary N) is 1. The number of azide groups is 1. The van der Waals surface area contributed by atoms with E-state index < -0.39 is 0 Å². The molecule has 1 aromatic heterocycles. The van der Waals surface area contributed by atoms with Crippen LogP contribution in [0.25, 0.3) is 10.4 Å². The van der Waals surface area contributed by atoms with Crippen LogP contribution in [0.3, 0.4) is 0 Å². The number of hydrogen-bond donors (Lipinski definition) is 1. The first-order valence-electron chi connectivity index (χ1n) is 4.57. The molecule has 1 aromatic rings. The molecule has 0 saturated carbocycles. The van der Waals surface area contributed by atoms with Crippen molar-refractivity contribution >= 4 is 34.6 Å². The van der Waals surface area contributed by atoms with Gasteiger partial charge in [-0.2, -0.15) is 0 Å². The molecule has 84 valence electrons. The smallest absolute Gasteiger partial charge is 0.229 e. The Morgan fingerprint density at radius 1 is 1.81 bits per heavy atom. The van der Waals surface area contributed by atoms with E-state index in [1.807, 2.05) is 0 Å². The summed E-state index contributed by atoms with van der Waals surface area (Å²) in [6.07, 6.45) is 0.394. The quantitative estimate of drug-likeness (QED) is 0.387. The van der Waals surface area contributed by atoms with Gasteiger partial charge in [0.15, 0.2) is 3.95 Å². The van der Waals surface area contributed by atoms with Gasteiger partial charge in [0.2, 0.25) is 11.0 Å². The molecule has 0 spiro atoms. The molecule has 9 heteroatoms. The predicted octanol–water partition coefficient (Wildman–Crippen LogP) is 1.86. The van der Waals surface area contributed by atoms with Crippen molar-refractivity contribution in [3.05, 3.63) is 14.4 Å². The highest BCUT2D eigenvalue weighted by atomic mass is 32.1. The van der Waals surface area contributed by atoms with E-state index in [9.17, 15) is 4.79 Å². The third-order valence-electron chi connectivity index (χ3n) is 2.27. The second kappa shape index (κ2) is 4.60. The number of hydrogen-bond acceptors (Lipinski definition) is 5. The molecule has 1 saturated heterocycles. The first kappa shape index (κ1) is 11.1. The van der Waals surface area contributed by atoms with Crippen LogP contribution in [0.1, 0.15) is 6.42 Å². The number of anilines is 1. The molecule has 0 radical (unpaired) electrons. The molecule has 1 atom stereocenters. The maximum absolute atomic E-state index is 11.7. The molecule has 7 nitrogen and oxygen atoms in total. The van der Waals surface area contributed by atoms with E-state index in [1.165, 1.54) is 11.3 Å². The van der Waals surface area contributed by atoms with Crippen molar-refractivity contribution in [1.82, 2.24) is 10.2 Å². The molecule has 1 aliphatic heterocycles. The molecule has 0 bridgehead atoms. The van der Waals surface area contributed by atoms with Gasteiger partial charge < -0.3 is 0 Å². The van der Waals surface area contributed by atoms with Crippen LogP contribution in [0, 0.1) is 9.87 Å². The van der Waals surface area contributed by atoms with Gasteiger partial charge in [0, 0.05) is 24.4 Å². The van der Waals surface area contributed by atoms with E-state index in [4.69, 9.17) is 17.7 Å². The monoisotopic (exact) mass is 256 g/mol. The Balaban J connectivity index is 2.10. The number of carbonyl (C=O) groups excluding carboxylic acids is 1. The highest BCUT2D eigenvalue weighted by Gasteiger charge is 2.31. The van der Waals surface area contributed by atoms with Crippen molar-refractivity contribution in [1.29, 1.82) is 0 Å². The number of amides is 1. The summed E-state index contributed by atoms with van der Waals surface area (Å²) in [5.74, 6) is 0.0664. The molecule has 2 heterocycles. The number of carbonyl (C=O) groups is 1. The van der Waals surface area contributed by atoms with Gasteiger partial charge in [-0.05, 0) is 23.7 Å². The van der Waals surface area contributed by atoms with Crippen molar-refractivity contribution in [2.24, 2.45) is 11.0 Å². The minimum Gasteiger partial charge on any atom is -0.286 e. The maximum atomic E-state index is 11.7. The SMILES string of the molecule is [N-]=[N+]=NCC1CC(=O)N(c2n[nH]c(=S)s2)C1. The lowest BCUT2D eigenvalue weighted by Gasteiger charge is -2.10. The standard InChI is InChI=1S/C7H8N6OS2/c8-12-9-2-4-1-5(14)13(3-4)6-10-11-7(15)16-6/h4H,1-3H2,(H,11,15). The summed E-state index contributed by atoms with van der Waals surface area (Å²) in [7, 11) is 0. The lowest BCUT2D eigenvalue weighted by atomic mass is 10.1. The van der Waals surface area contributed by atoms with Crippen LogP contribution in [0.5, 0.6) is 0 Å². The number of rotatable bonds is 3. The van der Waals surface area contributed by atoms with Crippen LogP contribution in [0.2, 0.25) is 0 Å². The zero-order valence-corrected chi connectivity index (χ0v) is 9.79. The van der Waals surface area contributed by atoms with Gasteiger partial charge in [-0.1, -0.05) is 16.5 Å². The van der Waals surface area contributed by atoms with E-state index in [0.717, 1.165) is 0 Å². The fraction of sp³-hybridized carbons (Fsp3) is 0.571. The van der Waals surface area contributed by atoms with E-state index in [1.54, 1.807) is 4.90 Å². The molecule has 1 amide bonds. The van der Waals surface area contributed by atoms with Crippen molar-refractivity contribution < 1.29 is 4.79 Å². The average Bonchev–Trinajstić information content (AvgIpc) is 2.82. The molecule has 16 heavy (non-hydrogen) atoms. The van der Waals surface area contributed by atoms with E-state index in [-0.39, 0.29) is 11.8 Å². The molecular weight excluding hydrogens is 248 g/mol. The van der Waals surface area contributed by atoms with Crippen molar-refractivity contribution in [3.8, 4) is 0 Å². The van der Waals surface area contributed by atoms with Crippen molar-refractivity contribution in [3.63, 3.8) is 0 Å². The largest absolute Gasteiger partial charge is 0.286 e. The Labute approximate surface area is 99.7 Å². The normalized spacial score (nSPS) is 19.9. The second-order valence-electron chi connectivity index (χ2n) is 3.38. The number of aromatic nitrogens is 2. The van der Waals surface area contributed by atoms with E-state index in [2.05, 4.69) is 20.2 Å². The van der Waals surface area contributed by atoms with Gasteiger partial charge in [-0.15, -0.1) is 5.10 Å². The van der Waals surface area contributed by atoms with Gasteiger partial charge in [-0.3, -0.25) is 14.8 Å². The van der Waals surface area contributed by atoms with Gasteiger partial charge in [0.25, 0.3) is 0 Å². The second-order valence-corrected chi connectivity index (χ2v) is 5.03. The van der Waals surface area contributed by atoms with E-state index in [0.29, 0.717) is 28.6 Å². The highest BCUT2D eigenvalue weighted by molar-refractivity contribution is 7.73. The van der Waals surface area contributed by atoms with Crippen LogP contribution in [-0.4, -0.2) is 29.2 Å². The molecule has 1 N–H and O–H groups in total. The molecule has 1 unspecified atom stereocenters. The average molecular weight is 256 g/mol. The Hall–Kier alpha value is -1.44. The third-order valence-corrected chi connectivity index (χ3v) is 3.38. The number of aromatic amines is 1. The fourth-order valence-electron chi connectivity index (χ4n) is 1.58. The van der Waals surface area contributed by atoms with Crippen molar-refractivity contribution in [2.45, 2.75) is 6.42 Å². The topological polar surface area (TPSA) is 97.8 Å². The highest BCUT2D eigenvalue weighted by Crippen LogP contribution is 2.26. The lowest BCUT2D eigenvalue weighted by molar-refractivity contribution is -0.117. The molecule has 0 aromatic carbocycles. The van der Waals surface area contributed by atoms with Crippen LogP contribution >= 0.6 is 23.6 Å². The molecular formula is C7H8N6OS2. The lowest BCUT2D eigenvalue weighted by Crippen LogP contribution is -2.24. The van der Waals surface area contributed by atoms with Crippen LogP contribution in [0.15, 0.2) is 5.11 Å². The summed E-state index contributed by atoms with van der Waals surface area (Å²) in [5, 5.41) is 10.6. The Kier molecular flexibility index (Phi) is 3.18. The third kappa shape index (κ3) is 2.21. The molecule has 2 rings (SSSR count). The Bertz CT molecular complexity index is 501. The minimum atomic E-state index is -0.00381. The Morgan fingerprint density at radius 2 is 2.62 bits per heavy atom. The summed E-state index contributed by atoms with van der Waals surface area (Å²) < 4.78 is 0.543. The fourth-order valence-corrected chi connectivity index (χ4v) is 2.48. The maximum Gasteiger partial charge on any atom is 0.229 e. The summed E-state index contributed by atoms with van der Waals surface area (Å²) in [5.41, 5.74) is 8.21. The van der Waals surface area contributed by atoms with Crippen LogP contribution in [-0.2, 0) is 4.79 Å². The molecule has 0 aliphatic carbocycles.